The van der Waals surface area contributed by atoms with E-state index in [0.717, 1.165) is 34.8 Å². The first-order valence-electron chi connectivity index (χ1n) is 9.32. The number of nitro groups is 2. The number of nitrogens with one attached hydrogen (secondary N) is 1. The number of aromatic nitrogens is 1. The van der Waals surface area contributed by atoms with Gasteiger partial charge in [-0.25, -0.2) is 4.79 Å². The molecule has 1 heterocycles. The first-order chi connectivity index (χ1) is 15.2. The maximum absolute atomic E-state index is 11.6. The highest BCUT2D eigenvalue weighted by Crippen LogP contribution is 2.29. The number of carbonyl (C=O) groups is 1. The van der Waals surface area contributed by atoms with Crippen LogP contribution in [0, 0.1) is 34.1 Å². The smallest absolute Gasteiger partial charge is 0.337 e. The van der Waals surface area contributed by atoms with Gasteiger partial charge in [0.15, 0.2) is 0 Å². The van der Waals surface area contributed by atoms with Crippen molar-refractivity contribution in [1.82, 2.24) is 4.57 Å². The SMILES string of the molecule is COC(=O)c1ccc(-n2c(C)cc(/C=N\Nc3ccc([N+](=O)[O-])cc3[N+](=O)[O-])c2C)cc1. The number of ether oxygens (including phenoxy) is 1. The number of esters is 1. The van der Waals surface area contributed by atoms with Crippen molar-refractivity contribution in [3.63, 3.8) is 0 Å². The molecule has 0 aliphatic heterocycles. The van der Waals surface area contributed by atoms with Crippen LogP contribution in [-0.2, 0) is 4.74 Å². The zero-order valence-electron chi connectivity index (χ0n) is 17.4. The highest BCUT2D eigenvalue weighted by Gasteiger charge is 2.19. The van der Waals surface area contributed by atoms with Gasteiger partial charge in [0, 0.05) is 28.7 Å². The van der Waals surface area contributed by atoms with E-state index in [-0.39, 0.29) is 11.4 Å². The third kappa shape index (κ3) is 4.46. The Morgan fingerprint density at radius 3 is 2.34 bits per heavy atom. The van der Waals surface area contributed by atoms with Crippen LogP contribution in [0.15, 0.2) is 53.6 Å². The minimum Gasteiger partial charge on any atom is -0.465 e. The van der Waals surface area contributed by atoms with Crippen LogP contribution >= 0.6 is 0 Å². The van der Waals surface area contributed by atoms with Crippen LogP contribution in [0.25, 0.3) is 5.69 Å². The molecule has 0 aliphatic rings. The fraction of sp³-hybridized carbons (Fsp3) is 0.143. The molecular formula is C21H19N5O6. The molecule has 1 N–H and O–H groups in total. The summed E-state index contributed by atoms with van der Waals surface area (Å²) in [5.74, 6) is -0.420. The monoisotopic (exact) mass is 437 g/mol. The van der Waals surface area contributed by atoms with Crippen LogP contribution in [0.5, 0.6) is 0 Å². The molecule has 0 atom stereocenters. The number of hydrogen-bond acceptors (Lipinski definition) is 8. The summed E-state index contributed by atoms with van der Waals surface area (Å²) in [6.45, 7) is 3.80. The van der Waals surface area contributed by atoms with Crippen molar-refractivity contribution < 1.29 is 19.4 Å². The van der Waals surface area contributed by atoms with Gasteiger partial charge in [0.1, 0.15) is 5.69 Å². The number of non-ortho nitro benzene ring substituents is 1. The second kappa shape index (κ2) is 9.08. The van der Waals surface area contributed by atoms with Crippen LogP contribution in [0.1, 0.15) is 27.3 Å². The molecule has 0 spiro atoms. The molecule has 0 radical (unpaired) electrons. The topological polar surface area (TPSA) is 142 Å². The van der Waals surface area contributed by atoms with E-state index in [9.17, 15) is 25.0 Å². The number of carbonyl (C=O) groups excluding carboxylic acids is 1. The van der Waals surface area contributed by atoms with Crippen LogP contribution in [0.2, 0.25) is 0 Å². The lowest BCUT2D eigenvalue weighted by atomic mass is 10.2. The van der Waals surface area contributed by atoms with Crippen molar-refractivity contribution in [2.45, 2.75) is 13.8 Å². The lowest BCUT2D eigenvalue weighted by molar-refractivity contribution is -0.393. The van der Waals surface area contributed by atoms with Gasteiger partial charge in [-0.1, -0.05) is 0 Å². The van der Waals surface area contributed by atoms with Gasteiger partial charge in [0.25, 0.3) is 5.69 Å². The Morgan fingerprint density at radius 1 is 1.06 bits per heavy atom. The average Bonchev–Trinajstić information content (AvgIpc) is 3.06. The zero-order valence-corrected chi connectivity index (χ0v) is 17.4. The molecule has 0 saturated heterocycles. The van der Waals surface area contributed by atoms with Crippen LogP contribution in [0.3, 0.4) is 0 Å². The minimum absolute atomic E-state index is 0.0315. The van der Waals surface area contributed by atoms with E-state index in [4.69, 9.17) is 4.74 Å². The standard InChI is InChI=1S/C21H19N5O6/c1-13-10-16(14(2)24(13)17-6-4-15(5-7-17)21(27)32-3)12-22-23-19-9-8-18(25(28)29)11-20(19)26(30)31/h4-12,23H,1-3H3/b22-12-. The number of benzene rings is 2. The number of nitrogens with zero attached hydrogens (tertiary/aromatic N) is 4. The first kappa shape index (κ1) is 22.2. The van der Waals surface area contributed by atoms with Crippen LogP contribution in [-0.4, -0.2) is 33.7 Å². The third-order valence-corrected chi connectivity index (χ3v) is 4.79. The molecule has 0 amide bonds. The number of aryl methyl sites for hydroxylation is 1. The van der Waals surface area contributed by atoms with Crippen molar-refractivity contribution in [1.29, 1.82) is 0 Å². The molecule has 1 aromatic heterocycles. The van der Waals surface area contributed by atoms with E-state index < -0.39 is 21.5 Å². The van der Waals surface area contributed by atoms with E-state index in [1.807, 2.05) is 24.5 Å². The fourth-order valence-corrected chi connectivity index (χ4v) is 3.23. The van der Waals surface area contributed by atoms with Gasteiger partial charge in [0.2, 0.25) is 0 Å². The lowest BCUT2D eigenvalue weighted by Gasteiger charge is -2.10. The maximum Gasteiger partial charge on any atom is 0.337 e. The highest BCUT2D eigenvalue weighted by molar-refractivity contribution is 5.89. The molecule has 0 fully saturated rings. The third-order valence-electron chi connectivity index (χ3n) is 4.79. The number of methoxy groups -OCH3 is 1. The Kier molecular flexibility index (Phi) is 6.29. The summed E-state index contributed by atoms with van der Waals surface area (Å²) in [7, 11) is 1.32. The van der Waals surface area contributed by atoms with Crippen molar-refractivity contribution in [2.24, 2.45) is 5.10 Å². The summed E-state index contributed by atoms with van der Waals surface area (Å²) < 4.78 is 6.68. The number of anilines is 1. The van der Waals surface area contributed by atoms with E-state index in [2.05, 4.69) is 10.5 Å². The Labute approximate surface area is 182 Å². The summed E-state index contributed by atoms with van der Waals surface area (Å²) in [5, 5.41) is 26.1. The number of nitro benzene ring substituents is 2. The largest absolute Gasteiger partial charge is 0.465 e. The maximum atomic E-state index is 11.6. The van der Waals surface area contributed by atoms with Crippen molar-refractivity contribution in [3.8, 4) is 5.69 Å². The fourth-order valence-electron chi connectivity index (χ4n) is 3.23. The molecule has 11 heteroatoms. The second-order valence-electron chi connectivity index (χ2n) is 6.79. The van der Waals surface area contributed by atoms with Crippen molar-refractivity contribution >= 4 is 29.2 Å². The van der Waals surface area contributed by atoms with Crippen molar-refractivity contribution in [3.05, 3.63) is 91.3 Å². The van der Waals surface area contributed by atoms with Gasteiger partial charge in [-0.05, 0) is 50.2 Å². The van der Waals surface area contributed by atoms with Gasteiger partial charge in [-0.3, -0.25) is 25.7 Å². The van der Waals surface area contributed by atoms with Gasteiger partial charge in [-0.15, -0.1) is 0 Å². The molecular weight excluding hydrogens is 418 g/mol. The molecule has 2 aromatic carbocycles. The molecule has 0 saturated carbocycles. The quantitative estimate of drug-likeness (QED) is 0.253. The predicted molar refractivity (Wildman–Crippen MR) is 118 cm³/mol. The second-order valence-corrected chi connectivity index (χ2v) is 6.79. The van der Waals surface area contributed by atoms with E-state index in [0.29, 0.717) is 5.56 Å². The minimum atomic E-state index is -0.714. The highest BCUT2D eigenvalue weighted by atomic mass is 16.6. The number of rotatable bonds is 7. The molecule has 0 aliphatic carbocycles. The summed E-state index contributed by atoms with van der Waals surface area (Å²) in [4.78, 5) is 32.3. The molecule has 0 unspecified atom stereocenters. The van der Waals surface area contributed by atoms with Gasteiger partial charge < -0.3 is 9.30 Å². The van der Waals surface area contributed by atoms with Crippen molar-refractivity contribution in [2.75, 3.05) is 12.5 Å². The summed E-state index contributed by atoms with van der Waals surface area (Å²) in [5.41, 5.74) is 5.59. The Bertz CT molecular complexity index is 1230. The number of hydrogen-bond donors (Lipinski definition) is 1. The molecule has 32 heavy (non-hydrogen) atoms. The first-order valence-corrected chi connectivity index (χ1v) is 9.32. The van der Waals surface area contributed by atoms with Crippen LogP contribution < -0.4 is 5.43 Å². The lowest BCUT2D eigenvalue weighted by Crippen LogP contribution is -2.03. The summed E-state index contributed by atoms with van der Waals surface area (Å²) in [6.07, 6.45) is 1.51. The summed E-state index contributed by atoms with van der Waals surface area (Å²) in [6, 6.07) is 12.1. The Balaban J connectivity index is 1.85. The van der Waals surface area contributed by atoms with Gasteiger partial charge in [0.05, 0.1) is 34.8 Å². The summed E-state index contributed by atoms with van der Waals surface area (Å²) >= 11 is 0. The van der Waals surface area contributed by atoms with Gasteiger partial charge >= 0.3 is 11.7 Å². The van der Waals surface area contributed by atoms with E-state index in [1.165, 1.54) is 19.4 Å². The Hall–Kier alpha value is -4.54. The molecule has 3 rings (SSSR count). The van der Waals surface area contributed by atoms with E-state index >= 15 is 0 Å². The predicted octanol–water partition coefficient (Wildman–Crippen LogP) is 4.14. The van der Waals surface area contributed by atoms with E-state index in [1.54, 1.807) is 24.3 Å². The molecule has 0 bridgehead atoms. The molecule has 3 aromatic rings. The Morgan fingerprint density at radius 2 is 1.75 bits per heavy atom. The average molecular weight is 437 g/mol. The zero-order chi connectivity index (χ0) is 23.4. The van der Waals surface area contributed by atoms with Gasteiger partial charge in [-0.2, -0.15) is 5.10 Å². The molecule has 164 valence electrons. The number of hydrazone groups is 1. The molecule has 11 nitrogen and oxygen atoms in total. The normalized spacial score (nSPS) is 10.8. The van der Waals surface area contributed by atoms with Crippen LogP contribution in [0.4, 0.5) is 17.1 Å².